The molecule has 1 heterocycles. The Morgan fingerprint density at radius 3 is 2.52 bits per heavy atom. The summed E-state index contributed by atoms with van der Waals surface area (Å²) in [7, 11) is 0. The first-order valence-corrected chi connectivity index (χ1v) is 8.14. The lowest BCUT2D eigenvalue weighted by Gasteiger charge is -2.19. The number of carbonyl (C=O) groups excluding carboxylic acids is 1. The third-order valence-corrected chi connectivity index (χ3v) is 4.42. The van der Waals surface area contributed by atoms with E-state index >= 15 is 0 Å². The molecule has 1 saturated heterocycles. The van der Waals surface area contributed by atoms with Gasteiger partial charge in [-0.05, 0) is 49.2 Å². The van der Waals surface area contributed by atoms with E-state index < -0.39 is 5.91 Å². The molecule has 4 nitrogen and oxygen atoms in total. The molecule has 0 unspecified atom stereocenters. The summed E-state index contributed by atoms with van der Waals surface area (Å²) in [6, 6.07) is 9.87. The Balaban J connectivity index is 1.79. The number of nitrogens with one attached hydrogen (secondary N) is 1. The first-order valence-electron chi connectivity index (χ1n) is 7.39. The van der Waals surface area contributed by atoms with Crippen molar-refractivity contribution in [3.05, 3.63) is 52.0 Å². The lowest BCUT2D eigenvalue weighted by Crippen LogP contribution is -2.18. The summed E-state index contributed by atoms with van der Waals surface area (Å²) in [5, 5.41) is 13.3. The van der Waals surface area contributed by atoms with Gasteiger partial charge in [0, 0.05) is 23.8 Å². The Kier molecular flexibility index (Phi) is 4.64. The van der Waals surface area contributed by atoms with E-state index in [4.69, 9.17) is 23.2 Å². The summed E-state index contributed by atoms with van der Waals surface area (Å²) >= 11 is 12.1. The molecule has 1 aliphatic heterocycles. The van der Waals surface area contributed by atoms with Gasteiger partial charge in [-0.3, -0.25) is 4.79 Å². The van der Waals surface area contributed by atoms with Gasteiger partial charge in [0.2, 0.25) is 0 Å². The summed E-state index contributed by atoms with van der Waals surface area (Å²) in [5.41, 5.74) is 1.66. The number of hydrogen-bond acceptors (Lipinski definition) is 3. The first kappa shape index (κ1) is 16.0. The van der Waals surface area contributed by atoms with Crippen LogP contribution in [-0.2, 0) is 0 Å². The lowest BCUT2D eigenvalue weighted by atomic mass is 10.1. The summed E-state index contributed by atoms with van der Waals surface area (Å²) in [5.74, 6) is -0.586. The molecular weight excluding hydrogens is 335 g/mol. The van der Waals surface area contributed by atoms with Crippen LogP contribution in [0.3, 0.4) is 0 Å². The zero-order valence-corrected chi connectivity index (χ0v) is 13.9. The van der Waals surface area contributed by atoms with Gasteiger partial charge in [-0.15, -0.1) is 0 Å². The van der Waals surface area contributed by atoms with Crippen molar-refractivity contribution in [2.75, 3.05) is 23.3 Å². The molecule has 0 aliphatic carbocycles. The Hall–Kier alpha value is -1.91. The molecule has 23 heavy (non-hydrogen) atoms. The molecule has 2 aromatic carbocycles. The predicted molar refractivity (Wildman–Crippen MR) is 94.0 cm³/mol. The molecule has 0 radical (unpaired) electrons. The average Bonchev–Trinajstić information content (AvgIpc) is 3.06. The summed E-state index contributed by atoms with van der Waals surface area (Å²) in [4.78, 5) is 14.5. The molecular formula is C17H16Cl2N2O2. The molecule has 0 aromatic heterocycles. The van der Waals surface area contributed by atoms with Crippen molar-refractivity contribution in [2.24, 2.45) is 0 Å². The van der Waals surface area contributed by atoms with E-state index in [0.717, 1.165) is 18.8 Å². The number of nitrogens with zero attached hydrogens (tertiary/aromatic N) is 1. The molecule has 3 rings (SSSR count). The fourth-order valence-electron chi connectivity index (χ4n) is 2.66. The largest absolute Gasteiger partial charge is 0.507 e. The Bertz CT molecular complexity index is 743. The van der Waals surface area contributed by atoms with Crippen LogP contribution in [0.25, 0.3) is 0 Å². The molecule has 0 bridgehead atoms. The number of phenols is 1. The maximum atomic E-state index is 12.3. The topological polar surface area (TPSA) is 52.6 Å². The van der Waals surface area contributed by atoms with Crippen molar-refractivity contribution in [3.63, 3.8) is 0 Å². The number of phenolic OH excluding ortho intramolecular Hbond substituents is 1. The quantitative estimate of drug-likeness (QED) is 0.853. The van der Waals surface area contributed by atoms with E-state index in [1.54, 1.807) is 6.07 Å². The second-order valence-corrected chi connectivity index (χ2v) is 6.32. The van der Waals surface area contributed by atoms with Gasteiger partial charge < -0.3 is 15.3 Å². The third kappa shape index (κ3) is 3.54. The fourth-order valence-corrected chi connectivity index (χ4v) is 3.05. The van der Waals surface area contributed by atoms with E-state index in [2.05, 4.69) is 10.2 Å². The molecule has 6 heteroatoms. The van der Waals surface area contributed by atoms with Crippen LogP contribution in [0, 0.1) is 0 Å². The number of halogens is 2. The molecule has 1 aliphatic rings. The number of rotatable bonds is 3. The van der Waals surface area contributed by atoms with Crippen molar-refractivity contribution < 1.29 is 9.90 Å². The minimum absolute atomic E-state index is 0.109. The Morgan fingerprint density at radius 1 is 1.09 bits per heavy atom. The molecule has 0 atom stereocenters. The number of aromatic hydroxyl groups is 1. The van der Waals surface area contributed by atoms with E-state index in [1.807, 2.05) is 12.1 Å². The molecule has 2 aromatic rings. The highest BCUT2D eigenvalue weighted by atomic mass is 35.5. The minimum atomic E-state index is -0.458. The summed E-state index contributed by atoms with van der Waals surface area (Å²) < 4.78 is 0. The van der Waals surface area contributed by atoms with Crippen molar-refractivity contribution in [2.45, 2.75) is 12.8 Å². The predicted octanol–water partition coefficient (Wildman–Crippen LogP) is 4.55. The number of benzene rings is 2. The van der Waals surface area contributed by atoms with Crippen LogP contribution in [0.4, 0.5) is 11.4 Å². The van der Waals surface area contributed by atoms with Gasteiger partial charge in [0.15, 0.2) is 0 Å². The van der Waals surface area contributed by atoms with E-state index in [1.165, 1.54) is 31.0 Å². The van der Waals surface area contributed by atoms with Gasteiger partial charge >= 0.3 is 0 Å². The van der Waals surface area contributed by atoms with Crippen LogP contribution in [0.5, 0.6) is 5.75 Å². The standard InChI is InChI=1S/C17H16Cl2N2O2/c18-11-3-6-16(22)13(9-11)17(23)20-15-5-4-12(10-14(15)19)21-7-1-2-8-21/h3-6,9-10,22H,1-2,7-8H2,(H,20,23). The second kappa shape index (κ2) is 6.69. The summed E-state index contributed by atoms with van der Waals surface area (Å²) in [6.07, 6.45) is 2.37. The van der Waals surface area contributed by atoms with Gasteiger partial charge in [0.1, 0.15) is 5.75 Å². The van der Waals surface area contributed by atoms with Gasteiger partial charge in [-0.1, -0.05) is 23.2 Å². The molecule has 1 fully saturated rings. The number of anilines is 2. The maximum absolute atomic E-state index is 12.3. The maximum Gasteiger partial charge on any atom is 0.259 e. The highest BCUT2D eigenvalue weighted by Gasteiger charge is 2.16. The normalized spacial score (nSPS) is 14.1. The number of carbonyl (C=O) groups is 1. The fraction of sp³-hybridized carbons (Fsp3) is 0.235. The van der Waals surface area contributed by atoms with Crippen LogP contribution in [-0.4, -0.2) is 24.1 Å². The monoisotopic (exact) mass is 350 g/mol. The number of hydrogen-bond donors (Lipinski definition) is 2. The second-order valence-electron chi connectivity index (χ2n) is 5.47. The number of amides is 1. The van der Waals surface area contributed by atoms with Gasteiger partial charge in [-0.2, -0.15) is 0 Å². The Morgan fingerprint density at radius 2 is 1.83 bits per heavy atom. The first-order chi connectivity index (χ1) is 11.0. The molecule has 120 valence electrons. The highest BCUT2D eigenvalue weighted by molar-refractivity contribution is 6.34. The van der Waals surface area contributed by atoms with Crippen LogP contribution in [0.2, 0.25) is 10.0 Å². The molecule has 1 amide bonds. The van der Waals surface area contributed by atoms with Crippen LogP contribution in [0.1, 0.15) is 23.2 Å². The van der Waals surface area contributed by atoms with Crippen molar-refractivity contribution in [1.82, 2.24) is 0 Å². The van der Waals surface area contributed by atoms with E-state index in [-0.39, 0.29) is 11.3 Å². The summed E-state index contributed by atoms with van der Waals surface area (Å²) in [6.45, 7) is 2.05. The average molecular weight is 351 g/mol. The minimum Gasteiger partial charge on any atom is -0.507 e. The Labute approximate surface area is 144 Å². The smallest absolute Gasteiger partial charge is 0.259 e. The van der Waals surface area contributed by atoms with Crippen molar-refractivity contribution >= 4 is 40.5 Å². The van der Waals surface area contributed by atoms with Crippen molar-refractivity contribution in [1.29, 1.82) is 0 Å². The van der Waals surface area contributed by atoms with Crippen molar-refractivity contribution in [3.8, 4) is 5.75 Å². The van der Waals surface area contributed by atoms with Gasteiger partial charge in [0.25, 0.3) is 5.91 Å². The van der Waals surface area contributed by atoms with Crippen LogP contribution >= 0.6 is 23.2 Å². The third-order valence-electron chi connectivity index (χ3n) is 3.88. The van der Waals surface area contributed by atoms with Gasteiger partial charge in [-0.25, -0.2) is 0 Å². The van der Waals surface area contributed by atoms with Crippen LogP contribution < -0.4 is 10.2 Å². The molecule has 2 N–H and O–H groups in total. The van der Waals surface area contributed by atoms with E-state index in [9.17, 15) is 9.90 Å². The van der Waals surface area contributed by atoms with E-state index in [0.29, 0.717) is 15.7 Å². The molecule has 0 saturated carbocycles. The molecule has 0 spiro atoms. The lowest BCUT2D eigenvalue weighted by molar-refractivity contribution is 0.102. The zero-order chi connectivity index (χ0) is 16.4. The SMILES string of the molecule is O=C(Nc1ccc(N2CCCC2)cc1Cl)c1cc(Cl)ccc1O. The zero-order valence-electron chi connectivity index (χ0n) is 12.4. The van der Waals surface area contributed by atoms with Gasteiger partial charge in [0.05, 0.1) is 16.3 Å². The van der Waals surface area contributed by atoms with Crippen LogP contribution in [0.15, 0.2) is 36.4 Å². The highest BCUT2D eigenvalue weighted by Crippen LogP contribution is 2.30.